The average molecular weight is 289 g/mol. The molecule has 0 atom stereocenters. The van der Waals surface area contributed by atoms with Gasteiger partial charge in [0.05, 0.1) is 16.7 Å². The van der Waals surface area contributed by atoms with E-state index < -0.39 is 25.8 Å². The highest BCUT2D eigenvalue weighted by Gasteiger charge is 2.18. The molecule has 7 nitrogen and oxygen atoms in total. The van der Waals surface area contributed by atoms with Crippen LogP contribution in [0.4, 0.5) is 5.69 Å². The van der Waals surface area contributed by atoms with E-state index in [1.807, 2.05) is 0 Å². The monoisotopic (exact) mass is 289 g/mol. The molecule has 0 amide bonds. The van der Waals surface area contributed by atoms with Crippen molar-refractivity contribution in [1.82, 2.24) is 0 Å². The molecule has 1 aromatic rings. The van der Waals surface area contributed by atoms with Crippen molar-refractivity contribution in [2.75, 3.05) is 17.1 Å². The number of primary sulfonamides is 1. The number of nitriles is 1. The first-order valence-electron chi connectivity index (χ1n) is 4.65. The van der Waals surface area contributed by atoms with Gasteiger partial charge >= 0.3 is 0 Å². The van der Waals surface area contributed by atoms with Gasteiger partial charge in [-0.3, -0.25) is 4.31 Å². The Morgan fingerprint density at radius 2 is 1.72 bits per heavy atom. The minimum absolute atomic E-state index is 0.114. The molecular weight excluding hydrogens is 278 g/mol. The van der Waals surface area contributed by atoms with Crippen molar-refractivity contribution >= 4 is 25.7 Å². The van der Waals surface area contributed by atoms with Gasteiger partial charge in [0.15, 0.2) is 5.75 Å². The van der Waals surface area contributed by atoms with Crippen LogP contribution >= 0.6 is 0 Å². The number of anilines is 1. The Morgan fingerprint density at radius 3 is 2.11 bits per heavy atom. The van der Waals surface area contributed by atoms with Crippen LogP contribution in [0, 0.1) is 11.3 Å². The third-order valence-corrected chi connectivity index (χ3v) is 4.66. The zero-order valence-electron chi connectivity index (χ0n) is 9.44. The van der Waals surface area contributed by atoms with E-state index in [4.69, 9.17) is 10.4 Å². The highest BCUT2D eigenvalue weighted by Crippen LogP contribution is 2.18. The SMILES string of the molecule is CN(c1ccc(S(N)(=O)=O)cc1)S(=O)(=O)CC#N. The number of hydrogen-bond acceptors (Lipinski definition) is 5. The first kappa shape index (κ1) is 14.4. The van der Waals surface area contributed by atoms with E-state index in [1.165, 1.54) is 31.3 Å². The van der Waals surface area contributed by atoms with Crippen LogP contribution in [0.1, 0.15) is 0 Å². The van der Waals surface area contributed by atoms with Crippen molar-refractivity contribution in [1.29, 1.82) is 5.26 Å². The summed E-state index contributed by atoms with van der Waals surface area (Å²) < 4.78 is 46.1. The van der Waals surface area contributed by atoms with Crippen LogP contribution in [0.2, 0.25) is 0 Å². The van der Waals surface area contributed by atoms with Crippen molar-refractivity contribution in [3.63, 3.8) is 0 Å². The Balaban J connectivity index is 3.11. The van der Waals surface area contributed by atoms with Gasteiger partial charge in [0.1, 0.15) is 0 Å². The summed E-state index contributed by atoms with van der Waals surface area (Å²) >= 11 is 0. The highest BCUT2D eigenvalue weighted by atomic mass is 32.2. The summed E-state index contributed by atoms with van der Waals surface area (Å²) in [6.45, 7) is 0. The van der Waals surface area contributed by atoms with Gasteiger partial charge in [-0.25, -0.2) is 22.0 Å². The predicted octanol–water partition coefficient (Wildman–Crippen LogP) is -0.376. The molecule has 0 saturated heterocycles. The van der Waals surface area contributed by atoms with E-state index in [-0.39, 0.29) is 10.6 Å². The van der Waals surface area contributed by atoms with Crippen molar-refractivity contribution in [3.05, 3.63) is 24.3 Å². The van der Waals surface area contributed by atoms with E-state index in [0.29, 0.717) is 0 Å². The Bertz CT molecular complexity index is 672. The lowest BCUT2D eigenvalue weighted by atomic mass is 10.3. The Kier molecular flexibility index (Phi) is 3.95. The molecule has 18 heavy (non-hydrogen) atoms. The zero-order chi connectivity index (χ0) is 14.0. The molecule has 0 aliphatic heterocycles. The molecule has 98 valence electrons. The van der Waals surface area contributed by atoms with Gasteiger partial charge in [-0.05, 0) is 24.3 Å². The van der Waals surface area contributed by atoms with Crippen LogP contribution in [-0.4, -0.2) is 29.6 Å². The lowest BCUT2D eigenvalue weighted by Crippen LogP contribution is -2.28. The number of rotatable bonds is 4. The standard InChI is InChI=1S/C9H11N3O4S2/c1-12(17(13,14)7-6-10)8-2-4-9(5-3-8)18(11,15)16/h2-5H,7H2,1H3,(H2,11,15,16). The molecule has 0 aliphatic carbocycles. The zero-order valence-corrected chi connectivity index (χ0v) is 11.1. The van der Waals surface area contributed by atoms with Crippen molar-refractivity contribution in [3.8, 4) is 6.07 Å². The minimum Gasteiger partial charge on any atom is -0.272 e. The molecule has 0 unspecified atom stereocenters. The van der Waals surface area contributed by atoms with Gasteiger partial charge in [0.2, 0.25) is 20.0 Å². The van der Waals surface area contributed by atoms with E-state index in [2.05, 4.69) is 0 Å². The Morgan fingerprint density at radius 1 is 1.22 bits per heavy atom. The molecule has 0 fully saturated rings. The third-order valence-electron chi connectivity index (χ3n) is 2.19. The van der Waals surface area contributed by atoms with Crippen LogP contribution in [0.3, 0.4) is 0 Å². The van der Waals surface area contributed by atoms with Gasteiger partial charge in [0.25, 0.3) is 0 Å². The topological polar surface area (TPSA) is 121 Å². The van der Waals surface area contributed by atoms with E-state index in [9.17, 15) is 16.8 Å². The lowest BCUT2D eigenvalue weighted by molar-refractivity contribution is 0.596. The van der Waals surface area contributed by atoms with Gasteiger partial charge < -0.3 is 0 Å². The summed E-state index contributed by atoms with van der Waals surface area (Å²) in [5.41, 5.74) is 0.248. The Labute approximate surface area is 106 Å². The summed E-state index contributed by atoms with van der Waals surface area (Å²) in [5, 5.41) is 13.3. The number of hydrogen-bond donors (Lipinski definition) is 1. The molecule has 0 aliphatic rings. The van der Waals surface area contributed by atoms with Crippen molar-refractivity contribution < 1.29 is 16.8 Å². The second-order valence-corrected chi connectivity index (χ2v) is 6.98. The summed E-state index contributed by atoms with van der Waals surface area (Å²) in [4.78, 5) is -0.114. The lowest BCUT2D eigenvalue weighted by Gasteiger charge is -2.17. The summed E-state index contributed by atoms with van der Waals surface area (Å²) in [6.07, 6.45) is 0. The van der Waals surface area contributed by atoms with Crippen LogP contribution in [0.15, 0.2) is 29.2 Å². The molecule has 0 heterocycles. The number of nitrogens with two attached hydrogens (primary N) is 1. The van der Waals surface area contributed by atoms with E-state index >= 15 is 0 Å². The second-order valence-electron chi connectivity index (χ2n) is 3.42. The molecule has 9 heteroatoms. The number of benzene rings is 1. The van der Waals surface area contributed by atoms with Gasteiger partial charge in [-0.2, -0.15) is 5.26 Å². The maximum atomic E-state index is 11.6. The fraction of sp³-hybridized carbons (Fsp3) is 0.222. The Hall–Kier alpha value is -1.63. The van der Waals surface area contributed by atoms with Gasteiger partial charge in [-0.1, -0.05) is 0 Å². The maximum Gasteiger partial charge on any atom is 0.248 e. The van der Waals surface area contributed by atoms with Crippen molar-refractivity contribution in [2.45, 2.75) is 4.90 Å². The smallest absolute Gasteiger partial charge is 0.248 e. The molecule has 1 aromatic carbocycles. The second kappa shape index (κ2) is 4.93. The number of sulfonamides is 2. The van der Waals surface area contributed by atoms with Crippen LogP contribution in [0.25, 0.3) is 0 Å². The third kappa shape index (κ3) is 3.19. The van der Waals surface area contributed by atoms with E-state index in [1.54, 1.807) is 6.07 Å². The van der Waals surface area contributed by atoms with Gasteiger partial charge in [0, 0.05) is 7.05 Å². The van der Waals surface area contributed by atoms with Crippen molar-refractivity contribution in [2.24, 2.45) is 5.14 Å². The van der Waals surface area contributed by atoms with Gasteiger partial charge in [-0.15, -0.1) is 0 Å². The maximum absolute atomic E-state index is 11.6. The van der Waals surface area contributed by atoms with Crippen LogP contribution in [-0.2, 0) is 20.0 Å². The normalized spacial score (nSPS) is 11.8. The molecule has 0 saturated carbocycles. The molecular formula is C9H11N3O4S2. The fourth-order valence-electron chi connectivity index (χ4n) is 1.18. The predicted molar refractivity (Wildman–Crippen MR) is 65.6 cm³/mol. The van der Waals surface area contributed by atoms with Crippen LogP contribution < -0.4 is 9.44 Å². The molecule has 2 N–H and O–H groups in total. The van der Waals surface area contributed by atoms with E-state index in [0.717, 1.165) is 4.31 Å². The first-order valence-corrected chi connectivity index (χ1v) is 7.80. The number of nitrogens with zero attached hydrogens (tertiary/aromatic N) is 2. The summed E-state index contributed by atoms with van der Waals surface area (Å²) in [7, 11) is -6.26. The molecule has 0 aromatic heterocycles. The first-order chi connectivity index (χ1) is 8.18. The summed E-state index contributed by atoms with van der Waals surface area (Å²) in [6, 6.07) is 6.54. The fourth-order valence-corrected chi connectivity index (χ4v) is 2.50. The summed E-state index contributed by atoms with van der Waals surface area (Å²) in [5.74, 6) is -0.652. The average Bonchev–Trinajstić information content (AvgIpc) is 2.27. The highest BCUT2D eigenvalue weighted by molar-refractivity contribution is 7.93. The molecule has 1 rings (SSSR count). The molecule has 0 spiro atoms. The quantitative estimate of drug-likeness (QED) is 0.810. The molecule has 0 bridgehead atoms. The molecule has 0 radical (unpaired) electrons. The minimum atomic E-state index is -3.81. The largest absolute Gasteiger partial charge is 0.272 e. The van der Waals surface area contributed by atoms with Crippen LogP contribution in [0.5, 0.6) is 0 Å².